The highest BCUT2D eigenvalue weighted by Gasteiger charge is 2.10. The van der Waals surface area contributed by atoms with Crippen molar-refractivity contribution in [2.75, 3.05) is 11.9 Å². The van der Waals surface area contributed by atoms with Crippen LogP contribution >= 0.6 is 0 Å². The van der Waals surface area contributed by atoms with E-state index < -0.39 is 28.5 Å². The van der Waals surface area contributed by atoms with Gasteiger partial charge in [-0.05, 0) is 24.3 Å². The second kappa shape index (κ2) is 7.21. The molecular formula is C12H11N3O6S. The zero-order chi connectivity index (χ0) is 16.8. The number of benzene rings is 1. The largest absolute Gasteiger partial charge is 0.480 e. The summed E-state index contributed by atoms with van der Waals surface area (Å²) < 4.78 is 30.5. The minimum absolute atomic E-state index is 0.304. The van der Waals surface area contributed by atoms with Crippen molar-refractivity contribution in [1.82, 2.24) is 5.32 Å². The number of carboxylic acid groups (broad SMARTS) is 1. The molecule has 0 heterocycles. The van der Waals surface area contributed by atoms with Gasteiger partial charge in [0.15, 0.2) is 0 Å². The number of carbonyl (C=O) groups is 2. The first-order valence-corrected chi connectivity index (χ1v) is 7.12. The first kappa shape index (κ1) is 17.2. The fraction of sp³-hybridized carbons (Fsp3) is 0.0833. The van der Waals surface area contributed by atoms with Gasteiger partial charge >= 0.3 is 5.97 Å². The summed E-state index contributed by atoms with van der Waals surface area (Å²) >= 11 is 0. The average molecular weight is 325 g/mol. The Kier molecular flexibility index (Phi) is 5.62. The van der Waals surface area contributed by atoms with Gasteiger partial charge < -0.3 is 15.7 Å². The monoisotopic (exact) mass is 325 g/mol. The van der Waals surface area contributed by atoms with Gasteiger partial charge in [-0.25, -0.2) is 0 Å². The van der Waals surface area contributed by atoms with Gasteiger partial charge in [-0.15, -0.1) is 0 Å². The summed E-state index contributed by atoms with van der Waals surface area (Å²) in [6, 6.07) is 6.46. The van der Waals surface area contributed by atoms with Gasteiger partial charge in [-0.2, -0.15) is 13.7 Å². The van der Waals surface area contributed by atoms with E-state index in [1.807, 2.05) is 5.32 Å². The number of rotatable bonds is 6. The molecule has 0 saturated carbocycles. The lowest BCUT2D eigenvalue weighted by Gasteiger charge is -2.04. The van der Waals surface area contributed by atoms with Crippen LogP contribution in [-0.2, 0) is 19.7 Å². The molecule has 10 heteroatoms. The summed E-state index contributed by atoms with van der Waals surface area (Å²) in [5, 5.41) is 21.8. The van der Waals surface area contributed by atoms with Gasteiger partial charge in [0.05, 0.1) is 4.90 Å². The van der Waals surface area contributed by atoms with Gasteiger partial charge in [0.1, 0.15) is 18.2 Å². The quantitative estimate of drug-likeness (QED) is 0.322. The molecule has 0 aliphatic rings. The van der Waals surface area contributed by atoms with E-state index in [0.29, 0.717) is 5.69 Å². The minimum Gasteiger partial charge on any atom is -0.480 e. The fourth-order valence-corrected chi connectivity index (χ4v) is 1.76. The van der Waals surface area contributed by atoms with Gasteiger partial charge in [0, 0.05) is 11.9 Å². The van der Waals surface area contributed by atoms with Crippen molar-refractivity contribution in [3.63, 3.8) is 0 Å². The van der Waals surface area contributed by atoms with Crippen LogP contribution in [0.1, 0.15) is 0 Å². The summed E-state index contributed by atoms with van der Waals surface area (Å²) in [7, 11) is -4.30. The molecule has 0 atom stereocenters. The number of carboxylic acids is 1. The molecule has 0 saturated heterocycles. The summed E-state index contributed by atoms with van der Waals surface area (Å²) in [6.45, 7) is -0.624. The number of nitrogens with one attached hydrogen (secondary N) is 2. The van der Waals surface area contributed by atoms with Crippen LogP contribution in [0, 0.1) is 11.3 Å². The molecular weight excluding hydrogens is 314 g/mol. The van der Waals surface area contributed by atoms with Crippen molar-refractivity contribution >= 4 is 27.7 Å². The van der Waals surface area contributed by atoms with Crippen LogP contribution in [0.3, 0.4) is 0 Å². The first-order chi connectivity index (χ1) is 10.2. The first-order valence-electron chi connectivity index (χ1n) is 5.68. The lowest BCUT2D eigenvalue weighted by molar-refractivity contribution is -0.137. The fourth-order valence-electron chi connectivity index (χ4n) is 1.28. The van der Waals surface area contributed by atoms with Crippen molar-refractivity contribution in [2.45, 2.75) is 4.90 Å². The molecule has 1 amide bonds. The number of carbonyl (C=O) groups excluding carboxylic acids is 1. The van der Waals surface area contributed by atoms with Crippen molar-refractivity contribution in [3.05, 3.63) is 36.0 Å². The molecule has 0 aliphatic heterocycles. The molecule has 22 heavy (non-hydrogen) atoms. The molecule has 0 aliphatic carbocycles. The van der Waals surface area contributed by atoms with E-state index in [-0.39, 0.29) is 10.5 Å². The molecule has 1 aromatic carbocycles. The Morgan fingerprint density at radius 1 is 1.27 bits per heavy atom. The predicted molar refractivity (Wildman–Crippen MR) is 74.2 cm³/mol. The summed E-state index contributed by atoms with van der Waals surface area (Å²) in [6.07, 6.45) is 1.04. The van der Waals surface area contributed by atoms with Crippen molar-refractivity contribution in [3.8, 4) is 6.07 Å². The van der Waals surface area contributed by atoms with Crippen molar-refractivity contribution < 1.29 is 27.7 Å². The highest BCUT2D eigenvalue weighted by atomic mass is 32.2. The number of anilines is 1. The summed E-state index contributed by atoms with van der Waals surface area (Å²) in [5.74, 6) is -2.12. The third-order valence-corrected chi connectivity index (χ3v) is 3.17. The second-order valence-electron chi connectivity index (χ2n) is 3.89. The molecule has 116 valence electrons. The van der Waals surface area contributed by atoms with E-state index >= 15 is 0 Å². The topological polar surface area (TPSA) is 157 Å². The van der Waals surface area contributed by atoms with Crippen LogP contribution in [0.15, 0.2) is 40.9 Å². The van der Waals surface area contributed by atoms with Crippen LogP contribution < -0.4 is 10.6 Å². The van der Waals surface area contributed by atoms with Gasteiger partial charge in [0.2, 0.25) is 0 Å². The van der Waals surface area contributed by atoms with Gasteiger partial charge in [-0.3, -0.25) is 14.1 Å². The minimum atomic E-state index is -4.30. The Hall–Kier alpha value is -2.90. The van der Waals surface area contributed by atoms with Crippen molar-refractivity contribution in [2.24, 2.45) is 0 Å². The number of nitrogens with zero attached hydrogens (tertiary/aromatic N) is 1. The zero-order valence-corrected chi connectivity index (χ0v) is 11.8. The van der Waals surface area contributed by atoms with E-state index in [1.165, 1.54) is 12.1 Å². The SMILES string of the molecule is N#C/C(=C/Nc1ccc(S(=O)(=O)O)cc1)C(=O)NCC(=O)O. The van der Waals surface area contributed by atoms with E-state index in [9.17, 15) is 18.0 Å². The Bertz CT molecular complexity index is 746. The van der Waals surface area contributed by atoms with Crippen LogP contribution in [0.4, 0.5) is 5.69 Å². The highest BCUT2D eigenvalue weighted by Crippen LogP contribution is 2.13. The molecule has 4 N–H and O–H groups in total. The summed E-state index contributed by atoms with van der Waals surface area (Å²) in [5.41, 5.74) is -0.00806. The second-order valence-corrected chi connectivity index (χ2v) is 5.31. The maximum Gasteiger partial charge on any atom is 0.322 e. The molecule has 0 fully saturated rings. The molecule has 9 nitrogen and oxygen atoms in total. The number of amides is 1. The van der Waals surface area contributed by atoms with Crippen LogP contribution in [0.5, 0.6) is 0 Å². The van der Waals surface area contributed by atoms with Crippen LogP contribution in [-0.4, -0.2) is 36.5 Å². The average Bonchev–Trinajstić information content (AvgIpc) is 2.45. The summed E-state index contributed by atoms with van der Waals surface area (Å²) in [4.78, 5) is 21.5. The lowest BCUT2D eigenvalue weighted by atomic mass is 10.3. The Labute approximate surface area is 125 Å². The van der Waals surface area contributed by atoms with E-state index in [4.69, 9.17) is 14.9 Å². The number of nitriles is 1. The lowest BCUT2D eigenvalue weighted by Crippen LogP contribution is -2.30. The maximum atomic E-state index is 11.5. The molecule has 1 aromatic rings. The van der Waals surface area contributed by atoms with E-state index in [2.05, 4.69) is 5.32 Å². The maximum absolute atomic E-state index is 11.5. The molecule has 0 bridgehead atoms. The van der Waals surface area contributed by atoms with Gasteiger partial charge in [-0.1, -0.05) is 0 Å². The smallest absolute Gasteiger partial charge is 0.322 e. The third kappa shape index (κ3) is 5.23. The predicted octanol–water partition coefficient (Wildman–Crippen LogP) is -0.0465. The number of aliphatic carboxylic acids is 1. The normalized spacial score (nSPS) is 11.4. The zero-order valence-electron chi connectivity index (χ0n) is 11.0. The number of hydrogen-bond donors (Lipinski definition) is 4. The Morgan fingerprint density at radius 3 is 2.32 bits per heavy atom. The van der Waals surface area contributed by atoms with E-state index in [0.717, 1.165) is 18.3 Å². The molecule has 0 spiro atoms. The highest BCUT2D eigenvalue weighted by molar-refractivity contribution is 7.85. The standard InChI is InChI=1S/C12H11N3O6S/c13-5-8(12(18)15-7-11(16)17)6-14-9-1-3-10(4-2-9)22(19,20)21/h1-4,6,14H,7H2,(H,15,18)(H,16,17)(H,19,20,21)/b8-6-. The van der Waals surface area contributed by atoms with Crippen LogP contribution in [0.25, 0.3) is 0 Å². The molecule has 1 rings (SSSR count). The Morgan fingerprint density at radius 2 is 1.86 bits per heavy atom. The van der Waals surface area contributed by atoms with E-state index in [1.54, 1.807) is 6.07 Å². The van der Waals surface area contributed by atoms with Crippen molar-refractivity contribution in [1.29, 1.82) is 5.26 Å². The number of hydrogen-bond acceptors (Lipinski definition) is 6. The van der Waals surface area contributed by atoms with Gasteiger partial charge in [0.25, 0.3) is 16.0 Å². The molecule has 0 unspecified atom stereocenters. The van der Waals surface area contributed by atoms with Crippen LogP contribution in [0.2, 0.25) is 0 Å². The third-order valence-electron chi connectivity index (χ3n) is 2.30. The molecule has 0 radical (unpaired) electrons. The molecule has 0 aromatic heterocycles. The Balaban J connectivity index is 2.79.